The zero-order valence-electron chi connectivity index (χ0n) is 7.08. The van der Waals surface area contributed by atoms with E-state index in [0.29, 0.717) is 5.69 Å². The summed E-state index contributed by atoms with van der Waals surface area (Å²) >= 11 is 0. The summed E-state index contributed by atoms with van der Waals surface area (Å²) in [6.45, 7) is 0. The van der Waals surface area contributed by atoms with Crippen LogP contribution in [0.4, 0.5) is 19.0 Å². The monoisotopic (exact) mass is 206 g/mol. The minimum absolute atomic E-state index is 0.537. The molecule has 0 fully saturated rings. The summed E-state index contributed by atoms with van der Waals surface area (Å²) in [5.74, 6) is 0. The van der Waals surface area contributed by atoms with Crippen molar-refractivity contribution in [2.75, 3.05) is 5.43 Å². The Kier molecular flexibility index (Phi) is 4.21. The van der Waals surface area contributed by atoms with Crippen LogP contribution < -0.4 is 10.9 Å². The lowest BCUT2D eigenvalue weighted by Gasteiger charge is -2.14. The molecule has 1 aromatic rings. The van der Waals surface area contributed by atoms with Crippen LogP contribution in [-0.2, 0) is 4.94 Å². The third-order valence-electron chi connectivity index (χ3n) is 1.46. The summed E-state index contributed by atoms with van der Waals surface area (Å²) in [4.78, 5) is 3.01. The molecule has 0 aliphatic carbocycles. The number of hydrazine groups is 1. The first kappa shape index (κ1) is 10.8. The number of hydrogen-bond acceptors (Lipinski definition) is 3. The van der Waals surface area contributed by atoms with E-state index < -0.39 is 12.7 Å². The van der Waals surface area contributed by atoms with Crippen molar-refractivity contribution in [2.24, 2.45) is 0 Å². The van der Waals surface area contributed by atoms with Crippen LogP contribution in [-0.4, -0.2) is 12.7 Å². The van der Waals surface area contributed by atoms with Gasteiger partial charge in [-0.05, 0) is 16.7 Å². The van der Waals surface area contributed by atoms with Gasteiger partial charge in [0.05, 0.1) is 0 Å². The molecule has 0 saturated carbocycles. The third-order valence-corrected chi connectivity index (χ3v) is 1.46. The normalized spacial score (nSPS) is 12.9. The van der Waals surface area contributed by atoms with Crippen LogP contribution in [0.15, 0.2) is 30.3 Å². The number of benzene rings is 1. The molecule has 0 aromatic heterocycles. The first-order valence-electron chi connectivity index (χ1n) is 3.86. The standard InChI is InChI=1S/C8H9F3N2O/c9-7(10)8(14-11)13-12-6-4-2-1-3-5-6/h1-5,7-8,12-13H. The first-order valence-corrected chi connectivity index (χ1v) is 3.86. The molecule has 14 heavy (non-hydrogen) atoms. The van der Waals surface area contributed by atoms with Crippen molar-refractivity contribution in [3.05, 3.63) is 30.3 Å². The van der Waals surface area contributed by atoms with E-state index in [4.69, 9.17) is 0 Å². The predicted molar refractivity (Wildman–Crippen MR) is 45.2 cm³/mol. The van der Waals surface area contributed by atoms with Crippen LogP contribution >= 0.6 is 0 Å². The summed E-state index contributed by atoms with van der Waals surface area (Å²) in [6.07, 6.45) is -4.92. The van der Waals surface area contributed by atoms with Gasteiger partial charge in [0.1, 0.15) is 0 Å². The van der Waals surface area contributed by atoms with Gasteiger partial charge in [0.2, 0.25) is 6.23 Å². The van der Waals surface area contributed by atoms with E-state index in [1.807, 2.05) is 5.43 Å². The first-order chi connectivity index (χ1) is 6.74. The molecule has 3 nitrogen and oxygen atoms in total. The molecule has 0 spiro atoms. The number of hydrogen-bond donors (Lipinski definition) is 2. The van der Waals surface area contributed by atoms with Crippen LogP contribution in [0.25, 0.3) is 0 Å². The summed E-state index contributed by atoms with van der Waals surface area (Å²) in [7, 11) is 0. The lowest BCUT2D eigenvalue weighted by Crippen LogP contribution is -2.40. The molecule has 1 aromatic carbocycles. The molecule has 0 bridgehead atoms. The fraction of sp³-hybridized carbons (Fsp3) is 0.250. The van der Waals surface area contributed by atoms with Crippen molar-refractivity contribution in [1.29, 1.82) is 0 Å². The lowest BCUT2D eigenvalue weighted by atomic mass is 10.3. The maximum atomic E-state index is 11.9. The van der Waals surface area contributed by atoms with Crippen LogP contribution in [0.2, 0.25) is 0 Å². The Balaban J connectivity index is 2.40. The van der Waals surface area contributed by atoms with Crippen molar-refractivity contribution in [3.63, 3.8) is 0 Å². The van der Waals surface area contributed by atoms with Gasteiger partial charge in [0, 0.05) is 5.69 Å². The maximum Gasteiger partial charge on any atom is 0.282 e. The molecule has 0 saturated heterocycles. The Morgan fingerprint density at radius 3 is 2.29 bits per heavy atom. The third kappa shape index (κ3) is 3.23. The fourth-order valence-electron chi connectivity index (χ4n) is 0.800. The largest absolute Gasteiger partial charge is 0.319 e. The SMILES string of the molecule is FOC(NNc1ccccc1)C(F)F. The Morgan fingerprint density at radius 1 is 1.14 bits per heavy atom. The molecule has 0 aliphatic heterocycles. The molecule has 1 unspecified atom stereocenters. The average Bonchev–Trinajstić information content (AvgIpc) is 2.20. The van der Waals surface area contributed by atoms with E-state index in [-0.39, 0.29) is 0 Å². The quantitative estimate of drug-likeness (QED) is 0.571. The van der Waals surface area contributed by atoms with Crippen molar-refractivity contribution in [2.45, 2.75) is 12.7 Å². The number of para-hydroxylation sites is 1. The zero-order chi connectivity index (χ0) is 10.4. The number of anilines is 1. The Bertz CT molecular complexity index is 258. The molecule has 0 amide bonds. The number of halogens is 3. The van der Waals surface area contributed by atoms with E-state index in [1.165, 1.54) is 0 Å². The Labute approximate surface area is 78.7 Å². The summed E-state index contributed by atoms with van der Waals surface area (Å²) in [5.41, 5.74) is 4.91. The fourth-order valence-corrected chi connectivity index (χ4v) is 0.800. The van der Waals surface area contributed by atoms with Gasteiger partial charge in [0.25, 0.3) is 6.43 Å². The van der Waals surface area contributed by atoms with Gasteiger partial charge >= 0.3 is 0 Å². The topological polar surface area (TPSA) is 33.3 Å². The number of rotatable bonds is 5. The predicted octanol–water partition coefficient (Wildman–Crippen LogP) is 2.10. The lowest BCUT2D eigenvalue weighted by molar-refractivity contribution is -0.225. The van der Waals surface area contributed by atoms with Gasteiger partial charge in [-0.2, -0.15) is 4.94 Å². The Morgan fingerprint density at radius 2 is 1.79 bits per heavy atom. The van der Waals surface area contributed by atoms with Crippen molar-refractivity contribution in [3.8, 4) is 0 Å². The second kappa shape index (κ2) is 5.46. The second-order valence-electron chi connectivity index (χ2n) is 2.48. The van der Waals surface area contributed by atoms with Gasteiger partial charge in [-0.3, -0.25) is 0 Å². The van der Waals surface area contributed by atoms with Crippen molar-refractivity contribution >= 4 is 5.69 Å². The minimum atomic E-state index is -2.95. The number of alkyl halides is 2. The molecule has 78 valence electrons. The molecule has 0 radical (unpaired) electrons. The van der Waals surface area contributed by atoms with Gasteiger partial charge in [0.15, 0.2) is 0 Å². The maximum absolute atomic E-state index is 11.9. The Hall–Kier alpha value is -1.27. The van der Waals surface area contributed by atoms with E-state index >= 15 is 0 Å². The van der Waals surface area contributed by atoms with Crippen LogP contribution in [0, 0.1) is 0 Å². The molecular weight excluding hydrogens is 197 g/mol. The minimum Gasteiger partial charge on any atom is -0.319 e. The zero-order valence-corrected chi connectivity index (χ0v) is 7.08. The van der Waals surface area contributed by atoms with Gasteiger partial charge in [-0.1, -0.05) is 18.2 Å². The molecular formula is C8H9F3N2O. The van der Waals surface area contributed by atoms with E-state index in [2.05, 4.69) is 10.4 Å². The van der Waals surface area contributed by atoms with Crippen molar-refractivity contribution < 1.29 is 18.2 Å². The highest BCUT2D eigenvalue weighted by atomic mass is 19.3. The summed E-state index contributed by atoms with van der Waals surface area (Å²) in [5, 5.41) is 0. The summed E-state index contributed by atoms with van der Waals surface area (Å²) < 4.78 is 35.4. The molecule has 1 atom stereocenters. The van der Waals surface area contributed by atoms with Crippen LogP contribution in [0.5, 0.6) is 0 Å². The highest BCUT2D eigenvalue weighted by Gasteiger charge is 2.21. The van der Waals surface area contributed by atoms with Gasteiger partial charge in [-0.25, -0.2) is 14.2 Å². The van der Waals surface area contributed by atoms with E-state index in [1.54, 1.807) is 30.3 Å². The van der Waals surface area contributed by atoms with Crippen LogP contribution in [0.3, 0.4) is 0 Å². The molecule has 2 N–H and O–H groups in total. The van der Waals surface area contributed by atoms with Crippen LogP contribution in [0.1, 0.15) is 0 Å². The average molecular weight is 206 g/mol. The molecule has 6 heteroatoms. The highest BCUT2D eigenvalue weighted by molar-refractivity contribution is 5.41. The van der Waals surface area contributed by atoms with E-state index in [0.717, 1.165) is 0 Å². The molecule has 1 rings (SSSR count). The second-order valence-corrected chi connectivity index (χ2v) is 2.48. The smallest absolute Gasteiger partial charge is 0.282 e. The highest BCUT2D eigenvalue weighted by Crippen LogP contribution is 2.06. The van der Waals surface area contributed by atoms with Crippen molar-refractivity contribution in [1.82, 2.24) is 5.43 Å². The van der Waals surface area contributed by atoms with Gasteiger partial charge < -0.3 is 5.43 Å². The van der Waals surface area contributed by atoms with Gasteiger partial charge in [-0.15, -0.1) is 0 Å². The van der Waals surface area contributed by atoms with E-state index in [9.17, 15) is 13.3 Å². The molecule has 0 heterocycles. The number of nitrogens with one attached hydrogen (secondary N) is 2. The molecule has 0 aliphatic rings. The summed E-state index contributed by atoms with van der Waals surface area (Å²) in [6, 6.07) is 8.44.